The highest BCUT2D eigenvalue weighted by Crippen LogP contribution is 2.73. The molecule has 1 spiro atoms. The molecule has 2 saturated carbocycles. The predicted molar refractivity (Wildman–Crippen MR) is 116 cm³/mol. The second kappa shape index (κ2) is 6.35. The van der Waals surface area contributed by atoms with Gasteiger partial charge in [0.25, 0.3) is 0 Å². The van der Waals surface area contributed by atoms with E-state index in [2.05, 4.69) is 19.2 Å². The lowest BCUT2D eigenvalue weighted by atomic mass is 9.48. The summed E-state index contributed by atoms with van der Waals surface area (Å²) >= 11 is 0. The molecule has 2 aliphatic heterocycles. The van der Waals surface area contributed by atoms with Crippen molar-refractivity contribution in [1.82, 2.24) is 0 Å². The molecule has 6 heteroatoms. The molecule has 6 nitrogen and oxygen atoms in total. The van der Waals surface area contributed by atoms with Gasteiger partial charge in [0.1, 0.15) is 17.2 Å². The molecule has 6 rings (SSSR count). The van der Waals surface area contributed by atoms with Gasteiger partial charge in [-0.1, -0.05) is 18.6 Å². The number of hydrogen-bond donors (Lipinski definition) is 3. The molecule has 6 atom stereocenters. The molecule has 1 aromatic rings. The Labute approximate surface area is 182 Å². The number of allylic oxidation sites excluding steroid dienone is 2. The van der Waals surface area contributed by atoms with Crippen LogP contribution in [0.5, 0.6) is 11.5 Å². The molecule has 3 N–H and O–H groups in total. The highest BCUT2D eigenvalue weighted by molar-refractivity contribution is 5.98. The van der Waals surface area contributed by atoms with E-state index in [4.69, 9.17) is 4.74 Å². The Kier molecular flexibility index (Phi) is 4.21. The number of aromatic hydroxyl groups is 2. The number of ketones is 1. The number of benzene rings is 1. The van der Waals surface area contributed by atoms with Crippen molar-refractivity contribution in [2.45, 2.75) is 71.5 Å². The molecule has 4 bridgehead atoms. The SMILES string of the molecule is CC1=CC(=O)[C@@](C)(CCC(=O)Nc2c(O)ccc(C)c2O)C2C3CC4CC12CC4(C)O3. The fourth-order valence-corrected chi connectivity index (χ4v) is 7.33. The van der Waals surface area contributed by atoms with Crippen LogP contribution in [0.15, 0.2) is 23.8 Å². The Morgan fingerprint density at radius 1 is 1.26 bits per heavy atom. The van der Waals surface area contributed by atoms with E-state index in [1.165, 1.54) is 11.6 Å². The molecule has 0 radical (unpaired) electrons. The fraction of sp³-hybridized carbons (Fsp3) is 0.600. The molecule has 4 fully saturated rings. The Morgan fingerprint density at radius 2 is 2.00 bits per heavy atom. The first kappa shape index (κ1) is 20.6. The van der Waals surface area contributed by atoms with Gasteiger partial charge in [-0.05, 0) is 70.1 Å². The third-order valence-electron chi connectivity index (χ3n) is 8.92. The first-order chi connectivity index (χ1) is 14.5. The summed E-state index contributed by atoms with van der Waals surface area (Å²) in [6, 6.07) is 3.03. The van der Waals surface area contributed by atoms with E-state index in [0.717, 1.165) is 19.3 Å². The summed E-state index contributed by atoms with van der Waals surface area (Å²) in [5.41, 5.74) is 0.998. The van der Waals surface area contributed by atoms with Crippen molar-refractivity contribution in [2.24, 2.45) is 22.7 Å². The zero-order valence-electron chi connectivity index (χ0n) is 18.6. The molecule has 0 aromatic heterocycles. The van der Waals surface area contributed by atoms with E-state index in [9.17, 15) is 19.8 Å². The van der Waals surface area contributed by atoms with Crippen molar-refractivity contribution < 1.29 is 24.5 Å². The second-order valence-corrected chi connectivity index (χ2v) is 10.7. The highest BCUT2D eigenvalue weighted by atomic mass is 16.5. The van der Waals surface area contributed by atoms with E-state index in [1.807, 2.05) is 13.0 Å². The number of carbonyl (C=O) groups excluding carboxylic acids is 2. The van der Waals surface area contributed by atoms with Crippen LogP contribution >= 0.6 is 0 Å². The van der Waals surface area contributed by atoms with Crippen LogP contribution in [0, 0.1) is 29.6 Å². The van der Waals surface area contributed by atoms with E-state index in [0.29, 0.717) is 17.9 Å². The van der Waals surface area contributed by atoms with Crippen molar-refractivity contribution >= 4 is 17.4 Å². The van der Waals surface area contributed by atoms with Crippen LogP contribution in [0.2, 0.25) is 0 Å². The van der Waals surface area contributed by atoms with Gasteiger partial charge in [0.2, 0.25) is 5.91 Å². The average Bonchev–Trinajstić information content (AvgIpc) is 3.07. The van der Waals surface area contributed by atoms with Crippen LogP contribution in [0.25, 0.3) is 0 Å². The quantitative estimate of drug-likeness (QED) is 0.627. The molecular formula is C25H31NO5. The summed E-state index contributed by atoms with van der Waals surface area (Å²) < 4.78 is 6.50. The van der Waals surface area contributed by atoms with Crippen molar-refractivity contribution in [2.75, 3.05) is 5.32 Å². The van der Waals surface area contributed by atoms with E-state index >= 15 is 0 Å². The maximum Gasteiger partial charge on any atom is 0.224 e. The number of nitrogens with one attached hydrogen (secondary N) is 1. The molecule has 2 heterocycles. The maximum atomic E-state index is 13.3. The van der Waals surface area contributed by atoms with Gasteiger partial charge < -0.3 is 20.3 Å². The topological polar surface area (TPSA) is 95.9 Å². The van der Waals surface area contributed by atoms with Gasteiger partial charge in [0, 0.05) is 23.2 Å². The molecule has 166 valence electrons. The standard InChI is InChI=1S/C25H31NO5/c1-13-5-6-16(27)20(21(13)30)26-19(29)7-8-23(3)18(28)9-14(2)25-11-15-10-17(22(23)25)31-24(15,4)12-25/h5-6,9,15,17,22,27,30H,7-8,10-12H2,1-4H3,(H,26,29)/t15?,17?,22?,23-,24?,25?/m1/s1. The van der Waals surface area contributed by atoms with Crippen LogP contribution in [-0.2, 0) is 14.3 Å². The molecule has 1 amide bonds. The number of ether oxygens (including phenoxy) is 1. The van der Waals surface area contributed by atoms with Gasteiger partial charge >= 0.3 is 0 Å². The first-order valence-electron chi connectivity index (χ1n) is 11.2. The lowest BCUT2D eigenvalue weighted by Gasteiger charge is -2.57. The number of phenolic OH excluding ortho intramolecular Hbond substituents is 2. The normalized spacial score (nSPS) is 40.1. The maximum absolute atomic E-state index is 13.3. The Morgan fingerprint density at radius 3 is 2.71 bits per heavy atom. The smallest absolute Gasteiger partial charge is 0.224 e. The van der Waals surface area contributed by atoms with Crippen molar-refractivity contribution in [3.05, 3.63) is 29.3 Å². The fourth-order valence-electron chi connectivity index (χ4n) is 7.33. The number of carbonyl (C=O) groups is 2. The molecule has 5 unspecified atom stereocenters. The number of aryl methyl sites for hydroxylation is 1. The summed E-state index contributed by atoms with van der Waals surface area (Å²) in [6.45, 7) is 8.01. The van der Waals surface area contributed by atoms with E-state index in [-0.39, 0.29) is 58.3 Å². The van der Waals surface area contributed by atoms with Crippen molar-refractivity contribution in [3.8, 4) is 11.5 Å². The minimum atomic E-state index is -0.672. The van der Waals surface area contributed by atoms with Gasteiger partial charge in [-0.25, -0.2) is 0 Å². The average molecular weight is 426 g/mol. The predicted octanol–water partition coefficient (Wildman–Crippen LogP) is 4.23. The van der Waals surface area contributed by atoms with Crippen LogP contribution in [0.4, 0.5) is 5.69 Å². The van der Waals surface area contributed by atoms with E-state index < -0.39 is 5.41 Å². The summed E-state index contributed by atoms with van der Waals surface area (Å²) in [5, 5.41) is 22.9. The van der Waals surface area contributed by atoms with Crippen molar-refractivity contribution in [1.29, 1.82) is 0 Å². The van der Waals surface area contributed by atoms with Gasteiger partial charge in [-0.2, -0.15) is 0 Å². The summed E-state index contributed by atoms with van der Waals surface area (Å²) in [4.78, 5) is 26.0. The Hall–Kier alpha value is -2.34. The molecule has 3 aliphatic carbocycles. The Bertz CT molecular complexity index is 1030. The molecular weight excluding hydrogens is 394 g/mol. The lowest BCUT2D eigenvalue weighted by molar-refractivity contribution is -0.171. The van der Waals surface area contributed by atoms with Gasteiger partial charge in [-0.3, -0.25) is 9.59 Å². The van der Waals surface area contributed by atoms with Crippen LogP contribution in [-0.4, -0.2) is 33.6 Å². The van der Waals surface area contributed by atoms with Crippen molar-refractivity contribution in [3.63, 3.8) is 0 Å². The van der Waals surface area contributed by atoms with Gasteiger partial charge in [-0.15, -0.1) is 0 Å². The molecule has 2 saturated heterocycles. The molecule has 1 aromatic carbocycles. The minimum absolute atomic E-state index is 0.00714. The monoisotopic (exact) mass is 425 g/mol. The van der Waals surface area contributed by atoms with Gasteiger partial charge in [0.15, 0.2) is 5.78 Å². The van der Waals surface area contributed by atoms with Crippen LogP contribution in [0.1, 0.15) is 58.4 Å². The van der Waals surface area contributed by atoms with Gasteiger partial charge in [0.05, 0.1) is 11.7 Å². The first-order valence-corrected chi connectivity index (χ1v) is 11.2. The Balaban J connectivity index is 1.39. The largest absolute Gasteiger partial charge is 0.506 e. The summed E-state index contributed by atoms with van der Waals surface area (Å²) in [7, 11) is 0. The third-order valence-corrected chi connectivity index (χ3v) is 8.92. The van der Waals surface area contributed by atoms with Crippen LogP contribution in [0.3, 0.4) is 0 Å². The number of rotatable bonds is 4. The summed E-state index contributed by atoms with van der Waals surface area (Å²) in [5.74, 6) is 0.0582. The van der Waals surface area contributed by atoms with Crippen LogP contribution < -0.4 is 5.32 Å². The zero-order chi connectivity index (χ0) is 22.3. The highest BCUT2D eigenvalue weighted by Gasteiger charge is 2.72. The zero-order valence-corrected chi connectivity index (χ0v) is 18.6. The number of phenols is 2. The minimum Gasteiger partial charge on any atom is -0.506 e. The summed E-state index contributed by atoms with van der Waals surface area (Å²) in [6.07, 6.45) is 5.42. The molecule has 31 heavy (non-hydrogen) atoms. The number of hydrogen-bond acceptors (Lipinski definition) is 5. The second-order valence-electron chi connectivity index (χ2n) is 10.7. The lowest BCUT2D eigenvalue weighted by Crippen LogP contribution is -2.58. The van der Waals surface area contributed by atoms with E-state index in [1.54, 1.807) is 13.0 Å². The molecule has 5 aliphatic rings. The number of anilines is 1. The third kappa shape index (κ3) is 2.67. The number of amides is 1.